The first kappa shape index (κ1) is 23.5. The molecular formula is C22H44O2. The lowest BCUT2D eigenvalue weighted by Crippen LogP contribution is -2.06. The molecule has 2 nitrogen and oxygen atoms in total. The van der Waals surface area contributed by atoms with Crippen LogP contribution in [0.1, 0.15) is 124 Å². The predicted molar refractivity (Wildman–Crippen MR) is 105 cm³/mol. The van der Waals surface area contributed by atoms with Crippen LogP contribution in [0, 0.1) is 5.92 Å². The number of hydrogen-bond donors (Lipinski definition) is 0. The Hall–Kier alpha value is -0.530. The molecule has 0 aliphatic heterocycles. The van der Waals surface area contributed by atoms with Gasteiger partial charge >= 0.3 is 5.97 Å². The van der Waals surface area contributed by atoms with E-state index in [0.29, 0.717) is 18.9 Å². The monoisotopic (exact) mass is 340 g/mol. The molecule has 0 saturated heterocycles. The second-order valence-corrected chi connectivity index (χ2v) is 7.75. The molecule has 0 heterocycles. The molecule has 0 aromatic rings. The third-order valence-corrected chi connectivity index (χ3v) is 4.69. The smallest absolute Gasteiger partial charge is 0.305 e. The van der Waals surface area contributed by atoms with Crippen LogP contribution in [0.4, 0.5) is 0 Å². The van der Waals surface area contributed by atoms with E-state index in [9.17, 15) is 4.79 Å². The summed E-state index contributed by atoms with van der Waals surface area (Å²) in [5.74, 6) is 0.567. The molecule has 0 aromatic carbocycles. The van der Waals surface area contributed by atoms with E-state index in [1.54, 1.807) is 0 Å². The topological polar surface area (TPSA) is 26.3 Å². The Labute approximate surface area is 152 Å². The highest BCUT2D eigenvalue weighted by Crippen LogP contribution is 2.13. The summed E-state index contributed by atoms with van der Waals surface area (Å²) in [6.45, 7) is 7.18. The normalized spacial score (nSPS) is 11.2. The van der Waals surface area contributed by atoms with Crippen LogP contribution >= 0.6 is 0 Å². The lowest BCUT2D eigenvalue weighted by molar-refractivity contribution is -0.144. The highest BCUT2D eigenvalue weighted by atomic mass is 16.5. The van der Waals surface area contributed by atoms with Gasteiger partial charge < -0.3 is 4.74 Å². The molecule has 0 aromatic heterocycles. The third-order valence-electron chi connectivity index (χ3n) is 4.69. The maximum atomic E-state index is 11.5. The van der Waals surface area contributed by atoms with Crippen molar-refractivity contribution in [2.75, 3.05) is 6.61 Å². The molecule has 0 atom stereocenters. The van der Waals surface area contributed by atoms with Gasteiger partial charge in [-0.1, -0.05) is 104 Å². The van der Waals surface area contributed by atoms with Gasteiger partial charge in [-0.15, -0.1) is 0 Å². The molecule has 0 fully saturated rings. The molecule has 0 amide bonds. The number of carbonyl (C=O) groups is 1. The van der Waals surface area contributed by atoms with Gasteiger partial charge in [0.1, 0.15) is 0 Å². The van der Waals surface area contributed by atoms with E-state index < -0.39 is 0 Å². The zero-order chi connectivity index (χ0) is 17.9. The average Bonchev–Trinajstić information content (AvgIpc) is 2.56. The zero-order valence-corrected chi connectivity index (χ0v) is 16.9. The van der Waals surface area contributed by atoms with Crippen LogP contribution in [0.15, 0.2) is 0 Å². The molecule has 0 saturated carbocycles. The first-order valence-corrected chi connectivity index (χ1v) is 10.8. The largest absolute Gasteiger partial charge is 0.466 e. The molecule has 0 aliphatic rings. The Balaban J connectivity index is 3.08. The fourth-order valence-corrected chi connectivity index (χ4v) is 2.96. The van der Waals surface area contributed by atoms with Crippen molar-refractivity contribution in [3.05, 3.63) is 0 Å². The van der Waals surface area contributed by atoms with Crippen LogP contribution in [0.3, 0.4) is 0 Å². The van der Waals surface area contributed by atoms with Crippen molar-refractivity contribution in [3.63, 3.8) is 0 Å². The molecule has 0 bridgehead atoms. The van der Waals surface area contributed by atoms with Gasteiger partial charge in [-0.05, 0) is 18.8 Å². The summed E-state index contributed by atoms with van der Waals surface area (Å²) in [5, 5.41) is 0. The molecule has 0 aliphatic carbocycles. The second kappa shape index (κ2) is 18.8. The summed E-state index contributed by atoms with van der Waals surface area (Å²) in [6.07, 6.45) is 20.5. The number of hydrogen-bond acceptors (Lipinski definition) is 2. The lowest BCUT2D eigenvalue weighted by atomic mass is 10.0. The maximum Gasteiger partial charge on any atom is 0.305 e. The molecule has 0 radical (unpaired) electrons. The van der Waals surface area contributed by atoms with Crippen LogP contribution in [0.5, 0.6) is 0 Å². The number of rotatable bonds is 18. The standard InChI is InChI=1S/C22H44O2/c1-4-5-6-7-8-9-10-11-12-13-14-15-16-17-20-24-22(23)19-18-21(2)3/h21H,4-20H2,1-3H3. The van der Waals surface area contributed by atoms with Crippen molar-refractivity contribution in [3.8, 4) is 0 Å². The molecule has 144 valence electrons. The van der Waals surface area contributed by atoms with E-state index >= 15 is 0 Å². The summed E-state index contributed by atoms with van der Waals surface area (Å²) in [4.78, 5) is 11.5. The van der Waals surface area contributed by atoms with Crippen LogP contribution < -0.4 is 0 Å². The van der Waals surface area contributed by atoms with Crippen molar-refractivity contribution in [2.24, 2.45) is 5.92 Å². The van der Waals surface area contributed by atoms with E-state index in [1.165, 1.54) is 83.5 Å². The Morgan fingerprint density at radius 2 is 1.12 bits per heavy atom. The first-order valence-electron chi connectivity index (χ1n) is 10.8. The molecular weight excluding hydrogens is 296 g/mol. The minimum atomic E-state index is -0.0154. The quantitative estimate of drug-likeness (QED) is 0.191. The van der Waals surface area contributed by atoms with Gasteiger partial charge in [-0.3, -0.25) is 4.79 Å². The Kier molecular flexibility index (Phi) is 18.4. The molecule has 0 unspecified atom stereocenters. The van der Waals surface area contributed by atoms with E-state index in [-0.39, 0.29) is 5.97 Å². The van der Waals surface area contributed by atoms with Gasteiger partial charge in [-0.2, -0.15) is 0 Å². The van der Waals surface area contributed by atoms with Gasteiger partial charge in [0.05, 0.1) is 6.61 Å². The Bertz CT molecular complexity index is 261. The molecule has 2 heteroatoms. The second-order valence-electron chi connectivity index (χ2n) is 7.75. The molecule has 0 spiro atoms. The van der Waals surface area contributed by atoms with Crippen LogP contribution in [-0.2, 0) is 9.53 Å². The minimum absolute atomic E-state index is 0.0154. The van der Waals surface area contributed by atoms with Crippen LogP contribution in [-0.4, -0.2) is 12.6 Å². The summed E-state index contributed by atoms with van der Waals surface area (Å²) in [6, 6.07) is 0. The summed E-state index contributed by atoms with van der Waals surface area (Å²) < 4.78 is 5.26. The highest BCUT2D eigenvalue weighted by Gasteiger charge is 2.04. The summed E-state index contributed by atoms with van der Waals surface area (Å²) in [5.41, 5.74) is 0. The zero-order valence-electron chi connectivity index (χ0n) is 16.9. The van der Waals surface area contributed by atoms with Crippen molar-refractivity contribution >= 4 is 5.97 Å². The highest BCUT2D eigenvalue weighted by molar-refractivity contribution is 5.69. The number of esters is 1. The number of unbranched alkanes of at least 4 members (excludes halogenated alkanes) is 13. The Morgan fingerprint density at radius 1 is 0.708 bits per heavy atom. The number of ether oxygens (including phenoxy) is 1. The Morgan fingerprint density at radius 3 is 1.54 bits per heavy atom. The minimum Gasteiger partial charge on any atom is -0.466 e. The number of carbonyl (C=O) groups excluding carboxylic acids is 1. The van der Waals surface area contributed by atoms with E-state index in [0.717, 1.165) is 12.8 Å². The molecule has 0 rings (SSSR count). The third kappa shape index (κ3) is 19.5. The van der Waals surface area contributed by atoms with Gasteiger partial charge in [-0.25, -0.2) is 0 Å². The SMILES string of the molecule is CCCCCCCCCCCCCCCCOC(=O)CCC(C)C. The molecule has 0 N–H and O–H groups in total. The molecule has 24 heavy (non-hydrogen) atoms. The van der Waals surface area contributed by atoms with Gasteiger partial charge in [0.2, 0.25) is 0 Å². The van der Waals surface area contributed by atoms with Crippen molar-refractivity contribution < 1.29 is 9.53 Å². The van der Waals surface area contributed by atoms with Crippen molar-refractivity contribution in [1.82, 2.24) is 0 Å². The average molecular weight is 341 g/mol. The predicted octanol–water partition coefficient (Wildman–Crippen LogP) is 7.45. The van der Waals surface area contributed by atoms with Gasteiger partial charge in [0, 0.05) is 6.42 Å². The van der Waals surface area contributed by atoms with E-state index in [1.807, 2.05) is 0 Å². The lowest BCUT2D eigenvalue weighted by Gasteiger charge is -2.06. The van der Waals surface area contributed by atoms with Crippen LogP contribution in [0.25, 0.3) is 0 Å². The van der Waals surface area contributed by atoms with E-state index in [2.05, 4.69) is 20.8 Å². The van der Waals surface area contributed by atoms with Gasteiger partial charge in [0.15, 0.2) is 0 Å². The fraction of sp³-hybridized carbons (Fsp3) is 0.955. The maximum absolute atomic E-state index is 11.5. The first-order chi connectivity index (χ1) is 11.7. The summed E-state index contributed by atoms with van der Waals surface area (Å²) in [7, 11) is 0. The van der Waals surface area contributed by atoms with E-state index in [4.69, 9.17) is 4.74 Å². The van der Waals surface area contributed by atoms with Crippen molar-refractivity contribution in [2.45, 2.75) is 124 Å². The van der Waals surface area contributed by atoms with Crippen LogP contribution in [0.2, 0.25) is 0 Å². The summed E-state index contributed by atoms with van der Waals surface area (Å²) >= 11 is 0. The van der Waals surface area contributed by atoms with Crippen molar-refractivity contribution in [1.29, 1.82) is 0 Å². The fourth-order valence-electron chi connectivity index (χ4n) is 2.96. The van der Waals surface area contributed by atoms with Gasteiger partial charge in [0.25, 0.3) is 0 Å².